The van der Waals surface area contributed by atoms with Crippen molar-refractivity contribution in [2.24, 2.45) is 0 Å². The summed E-state index contributed by atoms with van der Waals surface area (Å²) in [6.45, 7) is 0. The molecule has 0 aliphatic heterocycles. The van der Waals surface area contributed by atoms with Crippen molar-refractivity contribution in [1.29, 1.82) is 0 Å². The van der Waals surface area contributed by atoms with Gasteiger partial charge in [0.25, 0.3) is 0 Å². The molecule has 0 aliphatic carbocycles. The fourth-order valence-corrected chi connectivity index (χ4v) is 3.79. The molecule has 1 aromatic carbocycles. The van der Waals surface area contributed by atoms with Crippen LogP contribution in [0.25, 0.3) is 10.1 Å². The fourth-order valence-electron chi connectivity index (χ4n) is 1.24. The third-order valence-electron chi connectivity index (χ3n) is 1.92. The summed E-state index contributed by atoms with van der Waals surface area (Å²) in [6.07, 6.45) is 2.08. The first-order chi connectivity index (χ1) is 6.24. The summed E-state index contributed by atoms with van der Waals surface area (Å²) in [6, 6.07) is 4.30. The van der Waals surface area contributed by atoms with Crippen LogP contribution in [0.3, 0.4) is 0 Å². The SMILES string of the molecule is CSc1cc2sccc2c(N)c1I. The van der Waals surface area contributed by atoms with Gasteiger partial charge in [0.2, 0.25) is 0 Å². The number of thioether (sulfide) groups is 1. The molecule has 2 N–H and O–H groups in total. The summed E-state index contributed by atoms with van der Waals surface area (Å²) in [5.74, 6) is 0. The molecule has 1 heterocycles. The van der Waals surface area contributed by atoms with E-state index in [1.807, 2.05) is 0 Å². The standard InChI is InChI=1S/C9H8INS2/c1-12-7-4-6-5(2-3-13-6)9(11)8(7)10/h2-4H,11H2,1H3. The lowest BCUT2D eigenvalue weighted by atomic mass is 10.2. The first-order valence-corrected chi connectivity index (χ1v) is 6.91. The number of anilines is 1. The third kappa shape index (κ3) is 1.55. The zero-order valence-electron chi connectivity index (χ0n) is 7.00. The Kier molecular flexibility index (Phi) is 2.71. The topological polar surface area (TPSA) is 26.0 Å². The number of halogens is 1. The molecular formula is C9H8INS2. The predicted octanol–water partition coefficient (Wildman–Crippen LogP) is 3.81. The highest BCUT2D eigenvalue weighted by atomic mass is 127. The van der Waals surface area contributed by atoms with E-state index in [-0.39, 0.29) is 0 Å². The van der Waals surface area contributed by atoms with Crippen molar-refractivity contribution in [3.05, 3.63) is 21.1 Å². The van der Waals surface area contributed by atoms with Crippen molar-refractivity contribution in [2.75, 3.05) is 12.0 Å². The van der Waals surface area contributed by atoms with Gasteiger partial charge in [0.1, 0.15) is 0 Å². The van der Waals surface area contributed by atoms with Crippen LogP contribution < -0.4 is 5.73 Å². The largest absolute Gasteiger partial charge is 0.397 e. The molecule has 0 atom stereocenters. The van der Waals surface area contributed by atoms with Gasteiger partial charge >= 0.3 is 0 Å². The third-order valence-corrected chi connectivity index (χ3v) is 5.07. The number of nitrogens with two attached hydrogens (primary N) is 1. The lowest BCUT2D eigenvalue weighted by molar-refractivity contribution is 1.46. The van der Waals surface area contributed by atoms with E-state index in [4.69, 9.17) is 5.73 Å². The van der Waals surface area contributed by atoms with Crippen molar-refractivity contribution in [2.45, 2.75) is 4.90 Å². The Morgan fingerprint density at radius 3 is 3.00 bits per heavy atom. The maximum Gasteiger partial charge on any atom is 0.0549 e. The summed E-state index contributed by atoms with van der Waals surface area (Å²) < 4.78 is 2.46. The minimum absolute atomic E-state index is 0.920. The molecule has 0 radical (unpaired) electrons. The van der Waals surface area contributed by atoms with Crippen LogP contribution in [-0.4, -0.2) is 6.26 Å². The molecule has 13 heavy (non-hydrogen) atoms. The molecule has 0 amide bonds. The van der Waals surface area contributed by atoms with Crippen molar-refractivity contribution >= 4 is 61.5 Å². The number of hydrogen-bond acceptors (Lipinski definition) is 3. The van der Waals surface area contributed by atoms with E-state index in [9.17, 15) is 0 Å². The smallest absolute Gasteiger partial charge is 0.0549 e. The van der Waals surface area contributed by atoms with Gasteiger partial charge in [0.15, 0.2) is 0 Å². The van der Waals surface area contributed by atoms with Gasteiger partial charge in [-0.2, -0.15) is 0 Å². The molecular weight excluding hydrogens is 313 g/mol. The molecule has 0 saturated heterocycles. The minimum Gasteiger partial charge on any atom is -0.397 e. The molecule has 2 rings (SSSR count). The van der Waals surface area contributed by atoms with E-state index in [0.29, 0.717) is 0 Å². The highest BCUT2D eigenvalue weighted by Crippen LogP contribution is 2.36. The second kappa shape index (κ2) is 3.67. The van der Waals surface area contributed by atoms with Crippen molar-refractivity contribution < 1.29 is 0 Å². The normalized spacial score (nSPS) is 10.9. The molecule has 0 spiro atoms. The molecule has 1 aromatic heterocycles. The van der Waals surface area contributed by atoms with Gasteiger partial charge in [-0.15, -0.1) is 23.1 Å². The lowest BCUT2D eigenvalue weighted by Gasteiger charge is -2.05. The van der Waals surface area contributed by atoms with Crippen LogP contribution >= 0.6 is 45.7 Å². The van der Waals surface area contributed by atoms with Gasteiger partial charge in [0, 0.05) is 15.0 Å². The van der Waals surface area contributed by atoms with E-state index >= 15 is 0 Å². The molecule has 68 valence electrons. The van der Waals surface area contributed by atoms with Gasteiger partial charge in [-0.05, 0) is 46.4 Å². The van der Waals surface area contributed by atoms with Crippen LogP contribution in [0.2, 0.25) is 0 Å². The number of nitrogen functional groups attached to an aromatic ring is 1. The number of rotatable bonds is 1. The Morgan fingerprint density at radius 1 is 1.54 bits per heavy atom. The van der Waals surface area contributed by atoms with Gasteiger partial charge in [0.05, 0.1) is 9.26 Å². The maximum absolute atomic E-state index is 6.02. The van der Waals surface area contributed by atoms with Crippen LogP contribution in [0, 0.1) is 3.57 Å². The minimum atomic E-state index is 0.920. The number of fused-ring (bicyclic) bond motifs is 1. The number of hydrogen-bond donors (Lipinski definition) is 1. The Morgan fingerprint density at radius 2 is 2.31 bits per heavy atom. The highest BCUT2D eigenvalue weighted by molar-refractivity contribution is 14.1. The number of thiophene rings is 1. The summed E-state index contributed by atoms with van der Waals surface area (Å²) >= 11 is 5.80. The maximum atomic E-state index is 6.02. The van der Waals surface area contributed by atoms with Gasteiger partial charge in [-0.1, -0.05) is 0 Å². The first-order valence-electron chi connectivity index (χ1n) is 3.73. The Labute approximate surface area is 98.8 Å². The van der Waals surface area contributed by atoms with Crippen LogP contribution in [0.15, 0.2) is 22.4 Å². The molecule has 4 heteroatoms. The van der Waals surface area contributed by atoms with Gasteiger partial charge in [-0.3, -0.25) is 0 Å². The Hall–Kier alpha value is 0.0600. The van der Waals surface area contributed by atoms with Crippen molar-refractivity contribution in [1.82, 2.24) is 0 Å². The van der Waals surface area contributed by atoms with Gasteiger partial charge in [-0.25, -0.2) is 0 Å². The Bertz CT molecular complexity index is 450. The summed E-state index contributed by atoms with van der Waals surface area (Å²) in [7, 11) is 0. The average Bonchev–Trinajstić information content (AvgIpc) is 2.59. The molecule has 1 nitrogen and oxygen atoms in total. The highest BCUT2D eigenvalue weighted by Gasteiger charge is 2.08. The fraction of sp³-hybridized carbons (Fsp3) is 0.111. The number of benzene rings is 1. The van der Waals surface area contributed by atoms with Gasteiger partial charge < -0.3 is 5.73 Å². The zero-order valence-corrected chi connectivity index (χ0v) is 10.8. The molecule has 0 unspecified atom stereocenters. The summed E-state index contributed by atoms with van der Waals surface area (Å²) in [5, 5.41) is 3.27. The van der Waals surface area contributed by atoms with Crippen molar-refractivity contribution in [3.8, 4) is 0 Å². The van der Waals surface area contributed by atoms with Crippen LogP contribution in [-0.2, 0) is 0 Å². The molecule has 0 saturated carbocycles. The van der Waals surface area contributed by atoms with E-state index in [1.165, 1.54) is 18.6 Å². The zero-order chi connectivity index (χ0) is 9.42. The van der Waals surface area contributed by atoms with E-state index < -0.39 is 0 Å². The van der Waals surface area contributed by atoms with E-state index in [2.05, 4.69) is 46.4 Å². The lowest BCUT2D eigenvalue weighted by Crippen LogP contribution is -1.91. The van der Waals surface area contributed by atoms with Crippen LogP contribution in [0.4, 0.5) is 5.69 Å². The predicted molar refractivity (Wildman–Crippen MR) is 70.7 cm³/mol. The quantitative estimate of drug-likeness (QED) is 0.491. The molecule has 0 bridgehead atoms. The van der Waals surface area contributed by atoms with Crippen LogP contribution in [0.1, 0.15) is 0 Å². The molecule has 2 aromatic rings. The monoisotopic (exact) mass is 321 g/mol. The molecule has 0 fully saturated rings. The van der Waals surface area contributed by atoms with E-state index in [1.54, 1.807) is 23.1 Å². The summed E-state index contributed by atoms with van der Waals surface area (Å²) in [4.78, 5) is 1.27. The summed E-state index contributed by atoms with van der Waals surface area (Å²) in [5.41, 5.74) is 6.94. The first kappa shape index (κ1) is 9.61. The van der Waals surface area contributed by atoms with Crippen LogP contribution in [0.5, 0.6) is 0 Å². The second-order valence-electron chi connectivity index (χ2n) is 2.64. The second-order valence-corrected chi connectivity index (χ2v) is 5.51. The average molecular weight is 321 g/mol. The Balaban J connectivity index is 2.83. The van der Waals surface area contributed by atoms with Crippen molar-refractivity contribution in [3.63, 3.8) is 0 Å². The molecule has 0 aliphatic rings. The van der Waals surface area contributed by atoms with E-state index in [0.717, 1.165) is 5.69 Å².